The maximum atomic E-state index is 12.4. The molecule has 0 saturated heterocycles. The molecule has 0 fully saturated rings. The highest BCUT2D eigenvalue weighted by Crippen LogP contribution is 2.19. The molecule has 2 nitrogen and oxygen atoms in total. The number of amides is 1. The monoisotopic (exact) mass is 375 g/mol. The van der Waals surface area contributed by atoms with Gasteiger partial charge in [-0.05, 0) is 35.1 Å². The van der Waals surface area contributed by atoms with Crippen molar-refractivity contribution in [2.75, 3.05) is 5.75 Å². The Balaban J connectivity index is 1.51. The van der Waals surface area contributed by atoms with Crippen LogP contribution in [0, 0.1) is 0 Å². The quantitative estimate of drug-likeness (QED) is 0.536. The molecule has 0 radical (unpaired) electrons. The van der Waals surface area contributed by atoms with Gasteiger partial charge in [0.05, 0.1) is 6.42 Å². The number of carbonyl (C=O) groups is 1. The number of hydrogen-bond acceptors (Lipinski definition) is 2. The summed E-state index contributed by atoms with van der Waals surface area (Å²) in [4.78, 5) is 12.4. The maximum Gasteiger partial charge on any atom is 0.224 e. The summed E-state index contributed by atoms with van der Waals surface area (Å²) in [5.41, 5.74) is 4.66. The molecule has 0 unspecified atom stereocenters. The van der Waals surface area contributed by atoms with Crippen LogP contribution in [0.15, 0.2) is 84.9 Å². The van der Waals surface area contributed by atoms with Gasteiger partial charge < -0.3 is 5.32 Å². The minimum Gasteiger partial charge on any atom is -0.352 e. The number of rotatable bonds is 8. The molecule has 0 aliphatic rings. The van der Waals surface area contributed by atoms with Crippen LogP contribution in [0.3, 0.4) is 0 Å². The normalized spacial score (nSPS) is 11.7. The third kappa shape index (κ3) is 6.00. The van der Waals surface area contributed by atoms with E-state index in [1.807, 2.05) is 48.5 Å². The summed E-state index contributed by atoms with van der Waals surface area (Å²) in [6.07, 6.45) is 2.23. The van der Waals surface area contributed by atoms with Crippen LogP contribution in [0.2, 0.25) is 0 Å². The lowest BCUT2D eigenvalue weighted by Gasteiger charge is -2.17. The maximum absolute atomic E-state index is 12.4. The summed E-state index contributed by atoms with van der Waals surface area (Å²) < 4.78 is 0. The van der Waals surface area contributed by atoms with Crippen LogP contribution in [0.4, 0.5) is 0 Å². The van der Waals surface area contributed by atoms with Crippen LogP contribution in [0.5, 0.6) is 0 Å². The van der Waals surface area contributed by atoms with Crippen molar-refractivity contribution >= 4 is 18.5 Å². The lowest BCUT2D eigenvalue weighted by atomic mass is 10.0. The third-order valence-electron chi connectivity index (χ3n) is 4.64. The molecule has 1 atom stereocenters. The summed E-state index contributed by atoms with van der Waals surface area (Å²) in [5, 5.41) is 3.12. The number of aryl methyl sites for hydroxylation is 1. The van der Waals surface area contributed by atoms with Crippen LogP contribution in [0.1, 0.15) is 17.5 Å². The van der Waals surface area contributed by atoms with Crippen molar-refractivity contribution in [3.63, 3.8) is 0 Å². The zero-order chi connectivity index (χ0) is 18.9. The van der Waals surface area contributed by atoms with Gasteiger partial charge in [-0.25, -0.2) is 0 Å². The van der Waals surface area contributed by atoms with E-state index in [-0.39, 0.29) is 11.9 Å². The third-order valence-corrected chi connectivity index (χ3v) is 5.08. The summed E-state index contributed by atoms with van der Waals surface area (Å²) in [5.74, 6) is 0.695. The smallest absolute Gasteiger partial charge is 0.224 e. The minimum absolute atomic E-state index is 0.0505. The standard InChI is InChI=1S/C24H25NOS/c26-24(25-23(18-27)16-13-19-7-3-1-4-8-19)17-20-11-14-22(15-12-20)21-9-5-2-6-10-21/h1-12,14-15,23,27H,13,16-18H2,(H,25,26)/t23-/m1/s1. The van der Waals surface area contributed by atoms with Gasteiger partial charge in [0, 0.05) is 11.8 Å². The van der Waals surface area contributed by atoms with E-state index in [2.05, 4.69) is 54.3 Å². The first-order valence-electron chi connectivity index (χ1n) is 9.33. The first-order chi connectivity index (χ1) is 13.2. The number of hydrogen-bond donors (Lipinski definition) is 2. The van der Waals surface area contributed by atoms with Gasteiger partial charge in [0.25, 0.3) is 0 Å². The Morgan fingerprint density at radius 1 is 0.778 bits per heavy atom. The lowest BCUT2D eigenvalue weighted by molar-refractivity contribution is -0.121. The molecule has 1 amide bonds. The summed E-state index contributed by atoms with van der Waals surface area (Å²) in [6, 6.07) is 28.9. The highest BCUT2D eigenvalue weighted by Gasteiger charge is 2.11. The van der Waals surface area contributed by atoms with Gasteiger partial charge >= 0.3 is 0 Å². The highest BCUT2D eigenvalue weighted by molar-refractivity contribution is 7.80. The first kappa shape index (κ1) is 19.2. The number of benzene rings is 3. The zero-order valence-corrected chi connectivity index (χ0v) is 16.2. The SMILES string of the molecule is O=C(Cc1ccc(-c2ccccc2)cc1)N[C@@H](CS)CCc1ccccc1. The predicted octanol–water partition coefficient (Wildman–Crippen LogP) is 4.94. The molecule has 0 bridgehead atoms. The van der Waals surface area contributed by atoms with Gasteiger partial charge in [0.1, 0.15) is 0 Å². The zero-order valence-electron chi connectivity index (χ0n) is 15.3. The second-order valence-electron chi connectivity index (χ2n) is 6.71. The molecular formula is C24H25NOS. The van der Waals surface area contributed by atoms with Gasteiger partial charge in [0.15, 0.2) is 0 Å². The van der Waals surface area contributed by atoms with Crippen LogP contribution in [-0.2, 0) is 17.6 Å². The second kappa shape index (κ2) is 9.98. The topological polar surface area (TPSA) is 29.1 Å². The van der Waals surface area contributed by atoms with Crippen LogP contribution in [-0.4, -0.2) is 17.7 Å². The Morgan fingerprint density at radius 2 is 1.37 bits per heavy atom. The molecule has 1 N–H and O–H groups in total. The Bertz CT molecular complexity index is 831. The highest BCUT2D eigenvalue weighted by atomic mass is 32.1. The van der Waals surface area contributed by atoms with Crippen molar-refractivity contribution in [1.82, 2.24) is 5.32 Å². The van der Waals surface area contributed by atoms with Gasteiger partial charge in [-0.1, -0.05) is 84.9 Å². The summed E-state index contributed by atoms with van der Waals surface area (Å²) in [7, 11) is 0. The number of nitrogens with one attached hydrogen (secondary N) is 1. The largest absolute Gasteiger partial charge is 0.352 e. The van der Waals surface area contributed by atoms with Crippen LogP contribution >= 0.6 is 12.6 Å². The second-order valence-corrected chi connectivity index (χ2v) is 7.08. The first-order valence-corrected chi connectivity index (χ1v) is 9.96. The fourth-order valence-electron chi connectivity index (χ4n) is 3.10. The number of carbonyl (C=O) groups excluding carboxylic acids is 1. The Labute approximate surface area is 167 Å². The molecule has 3 rings (SSSR count). The van der Waals surface area contributed by atoms with Crippen molar-refractivity contribution in [3.8, 4) is 11.1 Å². The Morgan fingerprint density at radius 3 is 2.00 bits per heavy atom. The van der Waals surface area contributed by atoms with Crippen molar-refractivity contribution in [2.45, 2.75) is 25.3 Å². The van der Waals surface area contributed by atoms with Gasteiger partial charge in [-0.2, -0.15) is 12.6 Å². The van der Waals surface area contributed by atoms with Crippen LogP contribution in [0.25, 0.3) is 11.1 Å². The Hall–Kier alpha value is -2.52. The van der Waals surface area contributed by atoms with Crippen molar-refractivity contribution < 1.29 is 4.79 Å². The number of thiol groups is 1. The van der Waals surface area contributed by atoms with E-state index >= 15 is 0 Å². The van der Waals surface area contributed by atoms with E-state index in [9.17, 15) is 4.79 Å². The minimum atomic E-state index is 0.0505. The van der Waals surface area contributed by atoms with Crippen molar-refractivity contribution in [1.29, 1.82) is 0 Å². The molecule has 3 heteroatoms. The van der Waals surface area contributed by atoms with E-state index in [1.54, 1.807) is 0 Å². The summed E-state index contributed by atoms with van der Waals surface area (Å²) >= 11 is 4.40. The van der Waals surface area contributed by atoms with Gasteiger partial charge in [-0.3, -0.25) is 4.79 Å². The molecule has 0 spiro atoms. The van der Waals surface area contributed by atoms with E-state index in [0.29, 0.717) is 12.2 Å². The fraction of sp³-hybridized carbons (Fsp3) is 0.208. The van der Waals surface area contributed by atoms with Gasteiger partial charge in [-0.15, -0.1) is 0 Å². The molecule has 0 aliphatic carbocycles. The molecule has 0 heterocycles. The molecule has 0 aliphatic heterocycles. The lowest BCUT2D eigenvalue weighted by Crippen LogP contribution is -2.37. The molecule has 3 aromatic carbocycles. The van der Waals surface area contributed by atoms with E-state index in [1.165, 1.54) is 11.1 Å². The molecule has 27 heavy (non-hydrogen) atoms. The molecule has 0 saturated carbocycles. The Kier molecular flexibility index (Phi) is 7.11. The average molecular weight is 376 g/mol. The van der Waals surface area contributed by atoms with Gasteiger partial charge in [0.2, 0.25) is 5.91 Å². The van der Waals surface area contributed by atoms with E-state index in [4.69, 9.17) is 0 Å². The molecule has 3 aromatic rings. The van der Waals surface area contributed by atoms with Crippen molar-refractivity contribution in [3.05, 3.63) is 96.1 Å². The molecule has 138 valence electrons. The van der Waals surface area contributed by atoms with E-state index in [0.717, 1.165) is 24.0 Å². The van der Waals surface area contributed by atoms with Crippen LogP contribution < -0.4 is 5.32 Å². The molecule has 0 aromatic heterocycles. The van der Waals surface area contributed by atoms with E-state index < -0.39 is 0 Å². The fourth-order valence-corrected chi connectivity index (χ4v) is 3.38. The van der Waals surface area contributed by atoms with Crippen molar-refractivity contribution in [2.24, 2.45) is 0 Å². The summed E-state index contributed by atoms with van der Waals surface area (Å²) in [6.45, 7) is 0. The molecular weight excluding hydrogens is 350 g/mol. The predicted molar refractivity (Wildman–Crippen MR) is 116 cm³/mol. The average Bonchev–Trinajstić information content (AvgIpc) is 2.73.